The predicted molar refractivity (Wildman–Crippen MR) is 74.0 cm³/mol. The van der Waals surface area contributed by atoms with Crippen LogP contribution in [0.4, 0.5) is 0 Å². The molecule has 1 aliphatic carbocycles. The molecular weight excluding hydrogens is 248 g/mol. The van der Waals surface area contributed by atoms with Gasteiger partial charge >= 0.3 is 0 Å². The third-order valence-electron chi connectivity index (χ3n) is 4.43. The largest absolute Gasteiger partial charge is 0.314 e. The molecular formula is C13H26N2O2S. The van der Waals surface area contributed by atoms with Crippen molar-refractivity contribution >= 4 is 10.0 Å². The Morgan fingerprint density at radius 2 is 2.06 bits per heavy atom. The highest BCUT2D eigenvalue weighted by Gasteiger charge is 2.32. The second-order valence-corrected chi connectivity index (χ2v) is 8.17. The van der Waals surface area contributed by atoms with Gasteiger partial charge in [-0.2, -0.15) is 0 Å². The van der Waals surface area contributed by atoms with E-state index in [1.165, 1.54) is 19.3 Å². The summed E-state index contributed by atoms with van der Waals surface area (Å²) >= 11 is 0. The average molecular weight is 274 g/mol. The number of piperidine rings is 1. The van der Waals surface area contributed by atoms with Gasteiger partial charge in [0.05, 0.1) is 5.75 Å². The summed E-state index contributed by atoms with van der Waals surface area (Å²) in [5, 5.41) is 3.39. The van der Waals surface area contributed by atoms with E-state index in [2.05, 4.69) is 17.0 Å². The van der Waals surface area contributed by atoms with Gasteiger partial charge in [-0.1, -0.05) is 19.8 Å². The van der Waals surface area contributed by atoms with Gasteiger partial charge in [-0.3, -0.25) is 0 Å². The molecule has 0 bridgehead atoms. The van der Waals surface area contributed by atoms with Crippen molar-refractivity contribution in [2.24, 2.45) is 5.41 Å². The summed E-state index contributed by atoms with van der Waals surface area (Å²) in [4.78, 5) is 0. The first-order valence-corrected chi connectivity index (χ1v) is 8.85. The normalized spacial score (nSPS) is 27.7. The lowest BCUT2D eigenvalue weighted by atomic mass is 9.71. The van der Waals surface area contributed by atoms with Crippen LogP contribution in [-0.2, 0) is 10.0 Å². The standard InChI is InChI=1S/C13H26N2O2S/c1-13(7-4-8-13)11-15-18(16,17)10-6-12-5-2-3-9-14-12/h12,14-15H,2-11H2,1H3. The maximum atomic E-state index is 11.9. The number of rotatable bonds is 6. The van der Waals surface area contributed by atoms with Crippen LogP contribution in [0.15, 0.2) is 0 Å². The van der Waals surface area contributed by atoms with Crippen LogP contribution in [0.5, 0.6) is 0 Å². The first-order valence-electron chi connectivity index (χ1n) is 7.20. The van der Waals surface area contributed by atoms with Crippen LogP contribution >= 0.6 is 0 Å². The van der Waals surface area contributed by atoms with E-state index in [-0.39, 0.29) is 11.2 Å². The first-order chi connectivity index (χ1) is 8.49. The third kappa shape index (κ3) is 4.21. The van der Waals surface area contributed by atoms with Crippen molar-refractivity contribution in [1.82, 2.24) is 10.0 Å². The van der Waals surface area contributed by atoms with Crippen LogP contribution in [0.1, 0.15) is 51.9 Å². The summed E-state index contributed by atoms with van der Waals surface area (Å²) in [5.41, 5.74) is 0.218. The van der Waals surface area contributed by atoms with Crippen LogP contribution < -0.4 is 10.0 Å². The lowest BCUT2D eigenvalue weighted by molar-refractivity contribution is 0.166. The molecule has 1 aliphatic heterocycles. The predicted octanol–water partition coefficient (Wildman–Crippen LogP) is 1.63. The van der Waals surface area contributed by atoms with Crippen molar-refractivity contribution in [1.29, 1.82) is 0 Å². The van der Waals surface area contributed by atoms with E-state index in [0.29, 0.717) is 12.6 Å². The smallest absolute Gasteiger partial charge is 0.211 e. The Bertz CT molecular complexity index is 357. The molecule has 1 unspecified atom stereocenters. The monoisotopic (exact) mass is 274 g/mol. The van der Waals surface area contributed by atoms with Gasteiger partial charge in [0.1, 0.15) is 0 Å². The molecule has 1 saturated heterocycles. The van der Waals surface area contributed by atoms with Crippen LogP contribution in [0.2, 0.25) is 0 Å². The summed E-state index contributed by atoms with van der Waals surface area (Å²) in [5.74, 6) is 0.265. The van der Waals surface area contributed by atoms with Crippen molar-refractivity contribution in [3.8, 4) is 0 Å². The lowest BCUT2D eigenvalue weighted by Crippen LogP contribution is -2.42. The van der Waals surface area contributed by atoms with Gasteiger partial charge in [0, 0.05) is 12.6 Å². The molecule has 4 nitrogen and oxygen atoms in total. The molecule has 1 atom stereocenters. The molecule has 106 valence electrons. The van der Waals surface area contributed by atoms with E-state index in [9.17, 15) is 8.42 Å². The fraction of sp³-hybridized carbons (Fsp3) is 1.00. The van der Waals surface area contributed by atoms with Crippen LogP contribution in [0.25, 0.3) is 0 Å². The van der Waals surface area contributed by atoms with Gasteiger partial charge in [0.15, 0.2) is 0 Å². The highest BCUT2D eigenvalue weighted by Crippen LogP contribution is 2.39. The first kappa shape index (κ1) is 14.3. The quantitative estimate of drug-likeness (QED) is 0.774. The Kier molecular flexibility index (Phi) is 4.67. The maximum absolute atomic E-state index is 11.9. The van der Waals surface area contributed by atoms with Gasteiger partial charge in [-0.25, -0.2) is 13.1 Å². The Labute approximate surface area is 111 Å². The second kappa shape index (κ2) is 5.88. The second-order valence-electron chi connectivity index (χ2n) is 6.24. The number of hydrogen-bond acceptors (Lipinski definition) is 3. The fourth-order valence-corrected chi connectivity index (χ4v) is 4.09. The van der Waals surface area contributed by atoms with Gasteiger partial charge in [-0.05, 0) is 44.1 Å². The minimum atomic E-state index is -3.08. The molecule has 2 N–H and O–H groups in total. The molecule has 0 spiro atoms. The summed E-state index contributed by atoms with van der Waals surface area (Å²) < 4.78 is 26.6. The Balaban J connectivity index is 1.69. The van der Waals surface area contributed by atoms with Crippen molar-refractivity contribution in [3.05, 3.63) is 0 Å². The SMILES string of the molecule is CC1(CNS(=O)(=O)CCC2CCCCN2)CCC1. The van der Waals surface area contributed by atoms with Gasteiger partial charge in [-0.15, -0.1) is 0 Å². The molecule has 0 radical (unpaired) electrons. The number of sulfonamides is 1. The zero-order valence-electron chi connectivity index (χ0n) is 11.4. The van der Waals surface area contributed by atoms with E-state index in [1.54, 1.807) is 0 Å². The highest BCUT2D eigenvalue weighted by atomic mass is 32.2. The van der Waals surface area contributed by atoms with E-state index in [0.717, 1.165) is 32.2 Å². The van der Waals surface area contributed by atoms with Gasteiger partial charge in [0.2, 0.25) is 10.0 Å². The minimum absolute atomic E-state index is 0.218. The summed E-state index contributed by atoms with van der Waals surface area (Å²) in [6, 6.07) is 0.398. The molecule has 2 rings (SSSR count). The molecule has 0 aromatic carbocycles. The van der Waals surface area contributed by atoms with Crippen LogP contribution in [0.3, 0.4) is 0 Å². The Morgan fingerprint density at radius 3 is 2.61 bits per heavy atom. The number of hydrogen-bond donors (Lipinski definition) is 2. The zero-order chi connectivity index (χ0) is 13.1. The summed E-state index contributed by atoms with van der Waals surface area (Å²) in [7, 11) is -3.08. The van der Waals surface area contributed by atoms with Gasteiger partial charge < -0.3 is 5.32 Å². The molecule has 1 saturated carbocycles. The van der Waals surface area contributed by atoms with Crippen molar-refractivity contribution < 1.29 is 8.42 Å². The van der Waals surface area contributed by atoms with Crippen molar-refractivity contribution in [2.45, 2.75) is 57.9 Å². The average Bonchev–Trinajstić information content (AvgIpc) is 2.33. The van der Waals surface area contributed by atoms with Crippen molar-refractivity contribution in [2.75, 3.05) is 18.8 Å². The van der Waals surface area contributed by atoms with Crippen molar-refractivity contribution in [3.63, 3.8) is 0 Å². The minimum Gasteiger partial charge on any atom is -0.314 e. The van der Waals surface area contributed by atoms with Crippen LogP contribution in [0, 0.1) is 5.41 Å². The van der Waals surface area contributed by atoms with E-state index in [4.69, 9.17) is 0 Å². The Morgan fingerprint density at radius 1 is 1.28 bits per heavy atom. The maximum Gasteiger partial charge on any atom is 0.211 e. The summed E-state index contributed by atoms with van der Waals surface area (Å²) in [6.07, 6.45) is 7.85. The molecule has 0 amide bonds. The van der Waals surface area contributed by atoms with Gasteiger partial charge in [0.25, 0.3) is 0 Å². The zero-order valence-corrected chi connectivity index (χ0v) is 12.2. The molecule has 18 heavy (non-hydrogen) atoms. The molecule has 0 aromatic rings. The Hall–Kier alpha value is -0.130. The molecule has 5 heteroatoms. The molecule has 2 fully saturated rings. The molecule has 0 aromatic heterocycles. The van der Waals surface area contributed by atoms with Crippen LogP contribution in [-0.4, -0.2) is 33.3 Å². The highest BCUT2D eigenvalue weighted by molar-refractivity contribution is 7.89. The third-order valence-corrected chi connectivity index (χ3v) is 5.78. The topological polar surface area (TPSA) is 58.2 Å². The van der Waals surface area contributed by atoms with E-state index in [1.807, 2.05) is 0 Å². The van der Waals surface area contributed by atoms with E-state index >= 15 is 0 Å². The molecule has 2 aliphatic rings. The van der Waals surface area contributed by atoms with E-state index < -0.39 is 10.0 Å². The molecule has 1 heterocycles. The number of nitrogens with one attached hydrogen (secondary N) is 2. The summed E-state index contributed by atoms with van der Waals surface area (Å²) in [6.45, 7) is 3.82. The lowest BCUT2D eigenvalue weighted by Gasteiger charge is -2.38. The fourth-order valence-electron chi connectivity index (χ4n) is 2.78.